The average Bonchev–Trinajstić information content (AvgIpc) is 2.27. The number of ether oxygens (including phenoxy) is 1. The lowest BCUT2D eigenvalue weighted by Crippen LogP contribution is -2.14. The third-order valence-corrected chi connectivity index (χ3v) is 2.54. The van der Waals surface area contributed by atoms with E-state index in [4.69, 9.17) is 27.8 Å². The normalized spacial score (nSPS) is 12.2. The van der Waals surface area contributed by atoms with Crippen LogP contribution in [-0.2, 0) is 0 Å². The van der Waals surface area contributed by atoms with Gasteiger partial charge >= 0.3 is 0 Å². The van der Waals surface area contributed by atoms with Gasteiger partial charge in [-0.25, -0.2) is 0 Å². The first-order chi connectivity index (χ1) is 7.54. The van der Waals surface area contributed by atoms with Gasteiger partial charge in [0.15, 0.2) is 0 Å². The van der Waals surface area contributed by atoms with Crippen LogP contribution in [0, 0.1) is 12.8 Å². The lowest BCUT2D eigenvalue weighted by atomic mass is 10.1. The van der Waals surface area contributed by atoms with Gasteiger partial charge in [-0.2, -0.15) is 0 Å². The highest BCUT2D eigenvalue weighted by Gasteiger charge is 2.06. The van der Waals surface area contributed by atoms with E-state index in [0.29, 0.717) is 11.6 Å². The van der Waals surface area contributed by atoms with Crippen LogP contribution in [0.2, 0.25) is 0 Å². The summed E-state index contributed by atoms with van der Waals surface area (Å²) in [6.45, 7) is 4.49. The topological polar surface area (TPSA) is 55.5 Å². The largest absolute Gasteiger partial charge is 0.493 e. The Morgan fingerprint density at radius 3 is 2.81 bits per heavy atom. The zero-order chi connectivity index (χ0) is 12.1. The minimum Gasteiger partial charge on any atom is -0.493 e. The molecule has 16 heavy (non-hydrogen) atoms. The Hall–Kier alpha value is -1.13. The van der Waals surface area contributed by atoms with Gasteiger partial charge in [-0.05, 0) is 18.6 Å². The summed E-state index contributed by atoms with van der Waals surface area (Å²) < 4.78 is 5.61. The molecule has 0 saturated carbocycles. The van der Waals surface area contributed by atoms with Crippen molar-refractivity contribution in [1.29, 1.82) is 0 Å². The maximum absolute atomic E-state index is 8.90. The molecule has 0 spiro atoms. The lowest BCUT2D eigenvalue weighted by Gasteiger charge is -2.13. The van der Waals surface area contributed by atoms with Crippen molar-refractivity contribution in [3.05, 3.63) is 29.3 Å². The quantitative estimate of drug-likeness (QED) is 0.767. The first-order valence-electron chi connectivity index (χ1n) is 5.18. The molecule has 1 unspecified atom stereocenters. The van der Waals surface area contributed by atoms with Crippen molar-refractivity contribution >= 4 is 17.2 Å². The molecule has 0 radical (unpaired) electrons. The molecule has 0 heterocycles. The van der Waals surface area contributed by atoms with Gasteiger partial charge in [0.05, 0.1) is 6.61 Å². The SMILES string of the molecule is Cc1ccc(C(N)=S)cc1OCC(C)CO. The van der Waals surface area contributed by atoms with Gasteiger partial charge in [-0.15, -0.1) is 0 Å². The molecule has 88 valence electrons. The number of nitrogens with two attached hydrogens (primary N) is 1. The predicted molar refractivity (Wildman–Crippen MR) is 68.8 cm³/mol. The summed E-state index contributed by atoms with van der Waals surface area (Å²) >= 11 is 4.91. The second kappa shape index (κ2) is 5.82. The van der Waals surface area contributed by atoms with Gasteiger partial charge in [0.2, 0.25) is 0 Å². The lowest BCUT2D eigenvalue weighted by molar-refractivity contribution is 0.174. The van der Waals surface area contributed by atoms with Crippen LogP contribution in [0.1, 0.15) is 18.1 Å². The molecule has 4 heteroatoms. The van der Waals surface area contributed by atoms with E-state index in [-0.39, 0.29) is 12.5 Å². The molecule has 0 aliphatic heterocycles. The number of aryl methyl sites for hydroxylation is 1. The molecule has 3 N–H and O–H groups in total. The fourth-order valence-electron chi connectivity index (χ4n) is 1.19. The summed E-state index contributed by atoms with van der Waals surface area (Å²) in [5, 5.41) is 8.90. The van der Waals surface area contributed by atoms with E-state index in [1.54, 1.807) is 0 Å². The Kier molecular flexibility index (Phi) is 4.71. The first-order valence-corrected chi connectivity index (χ1v) is 5.59. The van der Waals surface area contributed by atoms with Gasteiger partial charge in [0.25, 0.3) is 0 Å². The zero-order valence-electron chi connectivity index (χ0n) is 9.56. The van der Waals surface area contributed by atoms with Gasteiger partial charge in [-0.3, -0.25) is 0 Å². The number of thiocarbonyl (C=S) groups is 1. The molecule has 0 fully saturated rings. The minimum absolute atomic E-state index is 0.118. The number of rotatable bonds is 5. The van der Waals surface area contributed by atoms with Crippen LogP contribution in [0.25, 0.3) is 0 Å². The maximum atomic E-state index is 8.90. The van der Waals surface area contributed by atoms with E-state index in [2.05, 4.69) is 0 Å². The van der Waals surface area contributed by atoms with Crippen molar-refractivity contribution in [2.24, 2.45) is 11.7 Å². The second-order valence-electron chi connectivity index (χ2n) is 3.94. The molecule has 1 atom stereocenters. The second-order valence-corrected chi connectivity index (χ2v) is 4.38. The van der Waals surface area contributed by atoms with Crippen LogP contribution in [0.4, 0.5) is 0 Å². The van der Waals surface area contributed by atoms with E-state index in [1.165, 1.54) is 0 Å². The predicted octanol–water partition coefficient (Wildman–Crippen LogP) is 1.64. The molecule has 0 saturated heterocycles. The van der Waals surface area contributed by atoms with E-state index in [1.807, 2.05) is 32.0 Å². The van der Waals surface area contributed by atoms with E-state index >= 15 is 0 Å². The van der Waals surface area contributed by atoms with E-state index in [9.17, 15) is 0 Å². The number of aliphatic hydroxyl groups is 1. The summed E-state index contributed by atoms with van der Waals surface area (Å²) in [6.07, 6.45) is 0. The Balaban J connectivity index is 2.78. The highest BCUT2D eigenvalue weighted by molar-refractivity contribution is 7.80. The Morgan fingerprint density at radius 1 is 1.56 bits per heavy atom. The molecule has 3 nitrogen and oxygen atoms in total. The van der Waals surface area contributed by atoms with Crippen molar-refractivity contribution in [3.8, 4) is 5.75 Å². The molecular formula is C12H17NO2S. The van der Waals surface area contributed by atoms with Gasteiger partial charge < -0.3 is 15.6 Å². The molecular weight excluding hydrogens is 222 g/mol. The number of aliphatic hydroxyl groups excluding tert-OH is 1. The third-order valence-electron chi connectivity index (χ3n) is 2.31. The summed E-state index contributed by atoms with van der Waals surface area (Å²) in [4.78, 5) is 0.361. The highest BCUT2D eigenvalue weighted by atomic mass is 32.1. The summed E-state index contributed by atoms with van der Waals surface area (Å²) in [6, 6.07) is 5.63. The van der Waals surface area contributed by atoms with Crippen LogP contribution in [0.3, 0.4) is 0 Å². The zero-order valence-corrected chi connectivity index (χ0v) is 10.4. The van der Waals surface area contributed by atoms with E-state index in [0.717, 1.165) is 16.9 Å². The van der Waals surface area contributed by atoms with Crippen LogP contribution in [0.5, 0.6) is 5.75 Å². The Bertz CT molecular complexity index is 379. The molecule has 0 amide bonds. The Labute approximate surface area is 101 Å². The third kappa shape index (κ3) is 3.47. The Morgan fingerprint density at radius 2 is 2.25 bits per heavy atom. The minimum atomic E-state index is 0.118. The fourth-order valence-corrected chi connectivity index (χ4v) is 1.32. The summed E-state index contributed by atoms with van der Waals surface area (Å²) in [5.74, 6) is 0.887. The molecule has 1 aromatic carbocycles. The monoisotopic (exact) mass is 239 g/mol. The van der Waals surface area contributed by atoms with E-state index < -0.39 is 0 Å². The number of hydrogen-bond donors (Lipinski definition) is 2. The average molecular weight is 239 g/mol. The standard InChI is InChI=1S/C12H17NO2S/c1-8(6-14)7-15-11-5-10(12(13)16)4-3-9(11)2/h3-5,8,14H,6-7H2,1-2H3,(H2,13,16). The number of benzene rings is 1. The number of hydrogen-bond acceptors (Lipinski definition) is 3. The molecule has 1 aromatic rings. The molecule has 0 aliphatic rings. The van der Waals surface area contributed by atoms with Crippen LogP contribution in [0.15, 0.2) is 18.2 Å². The van der Waals surface area contributed by atoms with Crippen molar-refractivity contribution in [3.63, 3.8) is 0 Å². The van der Waals surface area contributed by atoms with Crippen molar-refractivity contribution in [1.82, 2.24) is 0 Å². The molecule has 0 aromatic heterocycles. The maximum Gasteiger partial charge on any atom is 0.122 e. The first kappa shape index (κ1) is 12.9. The van der Waals surface area contributed by atoms with Crippen LogP contribution in [-0.4, -0.2) is 23.3 Å². The fraction of sp³-hybridized carbons (Fsp3) is 0.417. The highest BCUT2D eigenvalue weighted by Crippen LogP contribution is 2.20. The van der Waals surface area contributed by atoms with Crippen LogP contribution < -0.4 is 10.5 Å². The van der Waals surface area contributed by atoms with Gasteiger partial charge in [-0.1, -0.05) is 31.3 Å². The van der Waals surface area contributed by atoms with Crippen molar-refractivity contribution in [2.45, 2.75) is 13.8 Å². The van der Waals surface area contributed by atoms with Crippen molar-refractivity contribution in [2.75, 3.05) is 13.2 Å². The van der Waals surface area contributed by atoms with Crippen LogP contribution >= 0.6 is 12.2 Å². The molecule has 0 aliphatic carbocycles. The van der Waals surface area contributed by atoms with Crippen molar-refractivity contribution < 1.29 is 9.84 Å². The molecule has 0 bridgehead atoms. The summed E-state index contributed by atoms with van der Waals surface area (Å²) in [5.41, 5.74) is 7.38. The molecule has 1 rings (SSSR count). The van der Waals surface area contributed by atoms with Gasteiger partial charge in [0.1, 0.15) is 10.7 Å². The van der Waals surface area contributed by atoms with Gasteiger partial charge in [0, 0.05) is 18.1 Å². The smallest absolute Gasteiger partial charge is 0.122 e. The summed E-state index contributed by atoms with van der Waals surface area (Å²) in [7, 11) is 0.